The lowest BCUT2D eigenvalue weighted by atomic mass is 9.90. The molecule has 1 saturated heterocycles. The first kappa shape index (κ1) is 22.8. The highest BCUT2D eigenvalue weighted by Gasteiger charge is 2.31. The molecule has 1 N–H and O–H groups in total. The Bertz CT molecular complexity index is 1080. The van der Waals surface area contributed by atoms with E-state index in [2.05, 4.69) is 29.3 Å². The Balaban J connectivity index is 1.43. The molecule has 0 saturated carbocycles. The standard InChI is InChI=1S/C27H32N4O2/c1-4-31(23-8-6-5-7-9-23)27(33)24-18-28-29-25(24)22-14-16-30(17-15-22)26(32)20(3)21-12-10-19(2)11-13-21/h5-13,18,20,22H,4,14-17H2,1-3H3,(H,28,29). The highest BCUT2D eigenvalue weighted by Crippen LogP contribution is 2.31. The highest BCUT2D eigenvalue weighted by atomic mass is 16.2. The van der Waals surface area contributed by atoms with Crippen molar-refractivity contribution in [1.29, 1.82) is 0 Å². The largest absolute Gasteiger partial charge is 0.342 e. The molecule has 1 aliphatic rings. The van der Waals surface area contributed by atoms with Gasteiger partial charge in [0.05, 0.1) is 23.4 Å². The molecule has 2 amide bonds. The minimum Gasteiger partial charge on any atom is -0.342 e. The van der Waals surface area contributed by atoms with E-state index in [9.17, 15) is 9.59 Å². The van der Waals surface area contributed by atoms with Crippen LogP contribution in [0, 0.1) is 6.92 Å². The van der Waals surface area contributed by atoms with Crippen LogP contribution in [0.3, 0.4) is 0 Å². The summed E-state index contributed by atoms with van der Waals surface area (Å²) in [6.45, 7) is 7.95. The molecule has 0 bridgehead atoms. The van der Waals surface area contributed by atoms with Crippen LogP contribution in [-0.4, -0.2) is 46.5 Å². The number of amides is 2. The van der Waals surface area contributed by atoms with Crippen molar-refractivity contribution in [3.63, 3.8) is 0 Å². The Hall–Kier alpha value is -3.41. The number of carbonyl (C=O) groups is 2. The number of benzene rings is 2. The van der Waals surface area contributed by atoms with E-state index in [4.69, 9.17) is 0 Å². The van der Waals surface area contributed by atoms with Crippen LogP contribution in [0.2, 0.25) is 0 Å². The molecule has 6 heteroatoms. The Kier molecular flexibility index (Phi) is 6.92. The second-order valence-corrected chi connectivity index (χ2v) is 8.81. The van der Waals surface area contributed by atoms with Gasteiger partial charge in [0.15, 0.2) is 0 Å². The molecule has 6 nitrogen and oxygen atoms in total. The maximum atomic E-state index is 13.3. The predicted octanol–water partition coefficient (Wildman–Crippen LogP) is 4.89. The van der Waals surface area contributed by atoms with Gasteiger partial charge < -0.3 is 9.80 Å². The minimum atomic E-state index is -0.157. The van der Waals surface area contributed by atoms with E-state index in [-0.39, 0.29) is 23.7 Å². The topological polar surface area (TPSA) is 69.3 Å². The van der Waals surface area contributed by atoms with Gasteiger partial charge in [-0.15, -0.1) is 0 Å². The summed E-state index contributed by atoms with van der Waals surface area (Å²) in [5, 5.41) is 7.29. The van der Waals surface area contributed by atoms with E-state index in [1.165, 1.54) is 5.56 Å². The van der Waals surface area contributed by atoms with Crippen molar-refractivity contribution in [3.05, 3.63) is 83.2 Å². The van der Waals surface area contributed by atoms with E-state index >= 15 is 0 Å². The molecule has 2 heterocycles. The van der Waals surface area contributed by atoms with E-state index in [1.54, 1.807) is 11.1 Å². The van der Waals surface area contributed by atoms with Gasteiger partial charge >= 0.3 is 0 Å². The highest BCUT2D eigenvalue weighted by molar-refractivity contribution is 6.06. The summed E-state index contributed by atoms with van der Waals surface area (Å²) in [5.74, 6) is 0.147. The second kappa shape index (κ2) is 10.0. The molecule has 2 aromatic carbocycles. The molecule has 33 heavy (non-hydrogen) atoms. The molecule has 0 aliphatic carbocycles. The molecular weight excluding hydrogens is 412 g/mol. The summed E-state index contributed by atoms with van der Waals surface area (Å²) in [7, 11) is 0. The van der Waals surface area contributed by atoms with Gasteiger partial charge in [-0.3, -0.25) is 14.7 Å². The van der Waals surface area contributed by atoms with Gasteiger partial charge in [0.25, 0.3) is 5.91 Å². The number of hydrogen-bond donors (Lipinski definition) is 1. The molecular formula is C27H32N4O2. The number of nitrogens with zero attached hydrogens (tertiary/aromatic N) is 3. The van der Waals surface area contributed by atoms with Crippen LogP contribution in [0.15, 0.2) is 60.8 Å². The fourth-order valence-corrected chi connectivity index (χ4v) is 4.63. The summed E-state index contributed by atoms with van der Waals surface area (Å²) in [5.41, 5.74) is 4.63. The molecule has 0 spiro atoms. The van der Waals surface area contributed by atoms with E-state index in [1.807, 2.05) is 61.2 Å². The minimum absolute atomic E-state index is 0.0426. The number of para-hydroxylation sites is 1. The fraction of sp³-hybridized carbons (Fsp3) is 0.370. The van der Waals surface area contributed by atoms with Crippen molar-refractivity contribution in [1.82, 2.24) is 15.1 Å². The van der Waals surface area contributed by atoms with Gasteiger partial charge in [-0.25, -0.2) is 0 Å². The first-order valence-electron chi connectivity index (χ1n) is 11.7. The first-order chi connectivity index (χ1) is 16.0. The number of H-pyrrole nitrogens is 1. The van der Waals surface area contributed by atoms with Crippen molar-refractivity contribution in [3.8, 4) is 0 Å². The Morgan fingerprint density at radius 2 is 1.76 bits per heavy atom. The molecule has 3 aromatic rings. The van der Waals surface area contributed by atoms with Gasteiger partial charge in [0.2, 0.25) is 5.91 Å². The number of rotatable bonds is 6. The number of likely N-dealkylation sites (tertiary alicyclic amines) is 1. The number of aryl methyl sites for hydroxylation is 1. The lowest BCUT2D eigenvalue weighted by molar-refractivity contribution is -0.133. The van der Waals surface area contributed by atoms with Gasteiger partial charge in [0, 0.05) is 31.2 Å². The lowest BCUT2D eigenvalue weighted by Crippen LogP contribution is -2.40. The van der Waals surface area contributed by atoms with Crippen LogP contribution in [0.5, 0.6) is 0 Å². The summed E-state index contributed by atoms with van der Waals surface area (Å²) in [4.78, 5) is 30.2. The maximum Gasteiger partial charge on any atom is 0.261 e. The van der Waals surface area contributed by atoms with Crippen LogP contribution >= 0.6 is 0 Å². The van der Waals surface area contributed by atoms with E-state index in [0.717, 1.165) is 29.8 Å². The number of aromatic nitrogens is 2. The van der Waals surface area contributed by atoms with E-state index < -0.39 is 0 Å². The number of anilines is 1. The van der Waals surface area contributed by atoms with Gasteiger partial charge in [-0.05, 0) is 51.3 Å². The maximum absolute atomic E-state index is 13.3. The van der Waals surface area contributed by atoms with Crippen molar-refractivity contribution >= 4 is 17.5 Å². The lowest BCUT2D eigenvalue weighted by Gasteiger charge is -2.34. The van der Waals surface area contributed by atoms with Gasteiger partial charge in [-0.2, -0.15) is 5.10 Å². The second-order valence-electron chi connectivity index (χ2n) is 8.81. The average Bonchev–Trinajstić information content (AvgIpc) is 3.35. The number of carbonyl (C=O) groups excluding carboxylic acids is 2. The third kappa shape index (κ3) is 4.85. The summed E-state index contributed by atoms with van der Waals surface area (Å²) >= 11 is 0. The Labute approximate surface area is 195 Å². The molecule has 0 radical (unpaired) electrons. The SMILES string of the molecule is CCN(C(=O)c1cn[nH]c1C1CCN(C(=O)C(C)c2ccc(C)cc2)CC1)c1ccccc1. The number of aromatic amines is 1. The fourth-order valence-electron chi connectivity index (χ4n) is 4.63. The molecule has 172 valence electrons. The zero-order valence-electron chi connectivity index (χ0n) is 19.6. The third-order valence-corrected chi connectivity index (χ3v) is 6.69. The number of hydrogen-bond acceptors (Lipinski definition) is 3. The molecule has 1 aromatic heterocycles. The van der Waals surface area contributed by atoms with Crippen molar-refractivity contribution in [2.24, 2.45) is 0 Å². The summed E-state index contributed by atoms with van der Waals surface area (Å²) in [6, 6.07) is 17.9. The monoisotopic (exact) mass is 444 g/mol. The van der Waals surface area contributed by atoms with Crippen LogP contribution in [0.1, 0.15) is 65.7 Å². The van der Waals surface area contributed by atoms with Crippen LogP contribution < -0.4 is 4.90 Å². The predicted molar refractivity (Wildman–Crippen MR) is 131 cm³/mol. The van der Waals surface area contributed by atoms with E-state index in [0.29, 0.717) is 25.2 Å². The third-order valence-electron chi connectivity index (χ3n) is 6.69. The quantitative estimate of drug-likeness (QED) is 0.588. The molecule has 1 unspecified atom stereocenters. The molecule has 1 aliphatic heterocycles. The normalized spacial score (nSPS) is 15.3. The smallest absolute Gasteiger partial charge is 0.261 e. The Morgan fingerprint density at radius 3 is 2.39 bits per heavy atom. The average molecular weight is 445 g/mol. The Morgan fingerprint density at radius 1 is 1.09 bits per heavy atom. The molecule has 4 rings (SSSR count). The molecule has 1 atom stereocenters. The summed E-state index contributed by atoms with van der Waals surface area (Å²) in [6.07, 6.45) is 3.26. The van der Waals surface area contributed by atoms with Crippen LogP contribution in [0.4, 0.5) is 5.69 Å². The van der Waals surface area contributed by atoms with Gasteiger partial charge in [0.1, 0.15) is 0 Å². The zero-order chi connectivity index (χ0) is 23.4. The number of piperidine rings is 1. The van der Waals surface area contributed by atoms with Crippen LogP contribution in [0.25, 0.3) is 0 Å². The van der Waals surface area contributed by atoms with Crippen molar-refractivity contribution < 1.29 is 9.59 Å². The van der Waals surface area contributed by atoms with Crippen molar-refractivity contribution in [2.45, 2.75) is 45.4 Å². The zero-order valence-corrected chi connectivity index (χ0v) is 19.6. The molecule has 1 fully saturated rings. The first-order valence-corrected chi connectivity index (χ1v) is 11.7. The summed E-state index contributed by atoms with van der Waals surface area (Å²) < 4.78 is 0. The number of nitrogens with one attached hydrogen (secondary N) is 1. The van der Waals surface area contributed by atoms with Crippen LogP contribution in [-0.2, 0) is 4.79 Å². The van der Waals surface area contributed by atoms with Gasteiger partial charge in [-0.1, -0.05) is 48.0 Å². The van der Waals surface area contributed by atoms with Crippen molar-refractivity contribution in [2.75, 3.05) is 24.5 Å².